The van der Waals surface area contributed by atoms with Crippen molar-refractivity contribution >= 4 is 23.2 Å². The van der Waals surface area contributed by atoms with Gasteiger partial charge in [-0.15, -0.1) is 0 Å². The largest absolute Gasteiger partial charge is 0.396 e. The molecule has 2 N–H and O–H groups in total. The van der Waals surface area contributed by atoms with Gasteiger partial charge in [-0.2, -0.15) is 0 Å². The first kappa shape index (κ1) is 16.4. The Labute approximate surface area is 121 Å². The summed E-state index contributed by atoms with van der Waals surface area (Å²) in [6, 6.07) is 3.78. The van der Waals surface area contributed by atoms with Gasteiger partial charge in [-0.25, -0.2) is 0 Å². The monoisotopic (exact) mass is 300 g/mol. The van der Waals surface area contributed by atoms with Crippen LogP contribution >= 0.6 is 11.6 Å². The predicted octanol–water partition coefficient (Wildman–Crippen LogP) is 2.39. The highest BCUT2D eigenvalue weighted by atomic mass is 35.5. The van der Waals surface area contributed by atoms with E-state index < -0.39 is 10.8 Å². The number of amides is 1. The number of nitro benzene ring substituents is 1. The summed E-state index contributed by atoms with van der Waals surface area (Å²) in [5, 5.41) is 22.4. The molecule has 0 fully saturated rings. The van der Waals surface area contributed by atoms with Gasteiger partial charge in [0.2, 0.25) is 0 Å². The minimum atomic E-state index is -0.592. The minimum absolute atomic E-state index is 0.119. The van der Waals surface area contributed by atoms with Crippen molar-refractivity contribution in [2.75, 3.05) is 13.2 Å². The molecule has 0 radical (unpaired) electrons. The van der Waals surface area contributed by atoms with Crippen LogP contribution in [0.2, 0.25) is 5.02 Å². The summed E-state index contributed by atoms with van der Waals surface area (Å²) in [6.45, 7) is 2.49. The number of benzene rings is 1. The zero-order chi connectivity index (χ0) is 15.1. The lowest BCUT2D eigenvalue weighted by atomic mass is 10.1. The van der Waals surface area contributed by atoms with E-state index in [1.54, 1.807) is 0 Å². The maximum Gasteiger partial charge on any atom is 0.271 e. The number of carbonyl (C=O) groups excluding carboxylic acids is 1. The van der Waals surface area contributed by atoms with Crippen LogP contribution in [0.3, 0.4) is 0 Å². The van der Waals surface area contributed by atoms with E-state index in [1.807, 2.05) is 6.92 Å². The molecule has 0 aromatic heterocycles. The van der Waals surface area contributed by atoms with Crippen LogP contribution in [0.5, 0.6) is 0 Å². The summed E-state index contributed by atoms with van der Waals surface area (Å²) in [7, 11) is 0. The summed E-state index contributed by atoms with van der Waals surface area (Å²) in [5.74, 6) is -0.202. The van der Waals surface area contributed by atoms with Crippen molar-refractivity contribution in [1.82, 2.24) is 5.32 Å². The highest BCUT2D eigenvalue weighted by Gasteiger charge is 2.13. The molecule has 1 unspecified atom stereocenters. The van der Waals surface area contributed by atoms with Crippen molar-refractivity contribution < 1.29 is 14.8 Å². The van der Waals surface area contributed by atoms with Gasteiger partial charge in [0, 0.05) is 35.9 Å². The van der Waals surface area contributed by atoms with Crippen molar-refractivity contribution in [3.05, 3.63) is 38.9 Å². The fraction of sp³-hybridized carbons (Fsp3) is 0.462. The van der Waals surface area contributed by atoms with Crippen LogP contribution in [0.4, 0.5) is 5.69 Å². The third-order valence-electron chi connectivity index (χ3n) is 2.83. The number of non-ortho nitro benzene ring substituents is 1. The quantitative estimate of drug-likeness (QED) is 0.459. The lowest BCUT2D eigenvalue weighted by Crippen LogP contribution is -2.25. The zero-order valence-electron chi connectivity index (χ0n) is 11.1. The second kappa shape index (κ2) is 7.81. The topological polar surface area (TPSA) is 92.5 Å². The van der Waals surface area contributed by atoms with E-state index in [-0.39, 0.29) is 28.8 Å². The lowest BCUT2D eigenvalue weighted by molar-refractivity contribution is -0.384. The third kappa shape index (κ3) is 5.14. The fourth-order valence-electron chi connectivity index (χ4n) is 1.66. The molecule has 20 heavy (non-hydrogen) atoms. The molecule has 0 heterocycles. The van der Waals surface area contributed by atoms with E-state index in [4.69, 9.17) is 16.7 Å². The van der Waals surface area contributed by atoms with Crippen LogP contribution in [0.1, 0.15) is 30.1 Å². The van der Waals surface area contributed by atoms with E-state index in [0.29, 0.717) is 6.54 Å². The first-order valence-corrected chi connectivity index (χ1v) is 6.66. The maximum absolute atomic E-state index is 11.8. The van der Waals surface area contributed by atoms with Crippen LogP contribution in [0.15, 0.2) is 18.2 Å². The van der Waals surface area contributed by atoms with E-state index in [1.165, 1.54) is 18.2 Å². The molecule has 1 aromatic carbocycles. The molecular formula is C13H17ClN2O4. The highest BCUT2D eigenvalue weighted by Crippen LogP contribution is 2.20. The van der Waals surface area contributed by atoms with E-state index in [9.17, 15) is 14.9 Å². The number of nitro groups is 1. The smallest absolute Gasteiger partial charge is 0.271 e. The van der Waals surface area contributed by atoms with Gasteiger partial charge in [0.15, 0.2) is 0 Å². The molecule has 0 bridgehead atoms. The first-order chi connectivity index (χ1) is 9.43. The number of halogens is 1. The van der Waals surface area contributed by atoms with Crippen LogP contribution in [-0.2, 0) is 0 Å². The fourth-order valence-corrected chi connectivity index (χ4v) is 1.89. The molecule has 0 aliphatic heterocycles. The molecule has 0 spiro atoms. The number of aliphatic hydroxyl groups is 1. The molecule has 0 aliphatic carbocycles. The van der Waals surface area contributed by atoms with E-state index >= 15 is 0 Å². The molecule has 7 heteroatoms. The molecule has 1 rings (SSSR count). The summed E-state index contributed by atoms with van der Waals surface area (Å²) >= 11 is 5.75. The Morgan fingerprint density at radius 2 is 2.20 bits per heavy atom. The average Bonchev–Trinajstić information content (AvgIpc) is 2.42. The van der Waals surface area contributed by atoms with Gasteiger partial charge in [-0.1, -0.05) is 18.5 Å². The molecule has 0 saturated heterocycles. The number of aliphatic hydroxyl groups excluding tert-OH is 1. The number of carbonyl (C=O) groups is 1. The van der Waals surface area contributed by atoms with Crippen LogP contribution in [0, 0.1) is 16.0 Å². The number of hydrogen-bond donors (Lipinski definition) is 2. The van der Waals surface area contributed by atoms with Crippen LogP contribution in [-0.4, -0.2) is 29.1 Å². The van der Waals surface area contributed by atoms with Gasteiger partial charge in [0.1, 0.15) is 0 Å². The first-order valence-electron chi connectivity index (χ1n) is 6.28. The van der Waals surface area contributed by atoms with Crippen molar-refractivity contribution in [2.45, 2.75) is 19.8 Å². The Morgan fingerprint density at radius 3 is 2.80 bits per heavy atom. The molecule has 110 valence electrons. The maximum atomic E-state index is 11.8. The Morgan fingerprint density at radius 1 is 1.50 bits per heavy atom. The zero-order valence-corrected chi connectivity index (χ0v) is 11.9. The van der Waals surface area contributed by atoms with Crippen LogP contribution in [0.25, 0.3) is 0 Å². The van der Waals surface area contributed by atoms with Crippen molar-refractivity contribution in [3.63, 3.8) is 0 Å². The summed E-state index contributed by atoms with van der Waals surface area (Å²) in [6.07, 6.45) is 1.53. The number of nitrogens with one attached hydrogen (secondary N) is 1. The average molecular weight is 301 g/mol. The SMILES string of the molecule is CC(CO)CCCNC(=O)c1cc(Cl)cc([N+](=O)[O-])c1. The van der Waals surface area contributed by atoms with Gasteiger partial charge in [-0.3, -0.25) is 14.9 Å². The number of nitrogens with zero attached hydrogens (tertiary/aromatic N) is 1. The van der Waals surface area contributed by atoms with Gasteiger partial charge < -0.3 is 10.4 Å². The van der Waals surface area contributed by atoms with Crippen molar-refractivity contribution in [1.29, 1.82) is 0 Å². The van der Waals surface area contributed by atoms with E-state index in [2.05, 4.69) is 5.32 Å². The molecule has 6 nitrogen and oxygen atoms in total. The minimum Gasteiger partial charge on any atom is -0.396 e. The summed E-state index contributed by atoms with van der Waals surface area (Å²) in [5.41, 5.74) is -0.0454. The second-order valence-corrected chi connectivity index (χ2v) is 5.08. The van der Waals surface area contributed by atoms with Crippen LogP contribution < -0.4 is 5.32 Å². The Kier molecular flexibility index (Phi) is 6.41. The number of rotatable bonds is 7. The van der Waals surface area contributed by atoms with Crippen molar-refractivity contribution in [3.8, 4) is 0 Å². The standard InChI is InChI=1S/C13H17ClN2O4/c1-9(8-17)3-2-4-15-13(18)10-5-11(14)7-12(6-10)16(19)20/h5-7,9,17H,2-4,8H2,1H3,(H,15,18). The highest BCUT2D eigenvalue weighted by molar-refractivity contribution is 6.31. The molecule has 0 saturated carbocycles. The molecular weight excluding hydrogens is 284 g/mol. The summed E-state index contributed by atoms with van der Waals surface area (Å²) in [4.78, 5) is 21.9. The predicted molar refractivity (Wildman–Crippen MR) is 75.9 cm³/mol. The van der Waals surface area contributed by atoms with E-state index in [0.717, 1.165) is 12.8 Å². The van der Waals surface area contributed by atoms with Gasteiger partial charge in [0.25, 0.3) is 11.6 Å². The summed E-state index contributed by atoms with van der Waals surface area (Å²) < 4.78 is 0. The third-order valence-corrected chi connectivity index (χ3v) is 3.04. The molecule has 0 aliphatic rings. The normalized spacial score (nSPS) is 11.9. The Hall–Kier alpha value is -1.66. The number of hydrogen-bond acceptors (Lipinski definition) is 4. The lowest BCUT2D eigenvalue weighted by Gasteiger charge is -2.08. The van der Waals surface area contributed by atoms with Gasteiger partial charge in [-0.05, 0) is 24.8 Å². The Bertz CT molecular complexity index is 493. The molecule has 1 aromatic rings. The van der Waals surface area contributed by atoms with Gasteiger partial charge in [0.05, 0.1) is 4.92 Å². The Balaban J connectivity index is 2.57. The molecule has 1 atom stereocenters. The molecule has 1 amide bonds. The van der Waals surface area contributed by atoms with Gasteiger partial charge >= 0.3 is 0 Å². The second-order valence-electron chi connectivity index (χ2n) is 4.64. The van der Waals surface area contributed by atoms with Crippen molar-refractivity contribution in [2.24, 2.45) is 5.92 Å².